The number of hydrogen-bond donors (Lipinski definition) is 1. The van der Waals surface area contributed by atoms with Crippen molar-refractivity contribution in [1.82, 2.24) is 5.32 Å². The Morgan fingerprint density at radius 3 is 2.67 bits per heavy atom. The predicted octanol–water partition coefficient (Wildman–Crippen LogP) is 2.75. The molecule has 0 radical (unpaired) electrons. The van der Waals surface area contributed by atoms with Gasteiger partial charge in [0.1, 0.15) is 0 Å². The summed E-state index contributed by atoms with van der Waals surface area (Å²) in [6.07, 6.45) is 4.79. The molecule has 0 spiro atoms. The Hall–Kier alpha value is -1.26. The first kappa shape index (κ1) is 14.7. The lowest BCUT2D eigenvalue weighted by molar-refractivity contribution is 0.0493. The number of methoxy groups -OCH3 is 1. The van der Waals surface area contributed by atoms with E-state index >= 15 is 0 Å². The zero-order chi connectivity index (χ0) is 14.5. The van der Waals surface area contributed by atoms with Crippen molar-refractivity contribution in [2.45, 2.75) is 38.3 Å². The van der Waals surface area contributed by atoms with Crippen LogP contribution in [0.2, 0.25) is 0 Å². The fraction of sp³-hybridized carbons (Fsp3) is 0.647. The molecular weight excluding hydrogens is 266 g/mol. The van der Waals surface area contributed by atoms with Crippen molar-refractivity contribution in [3.8, 4) is 11.5 Å². The highest BCUT2D eigenvalue weighted by Gasteiger charge is 2.20. The highest BCUT2D eigenvalue weighted by atomic mass is 16.5. The largest absolute Gasteiger partial charge is 0.493 e. The second-order valence-electron chi connectivity index (χ2n) is 6.01. The highest BCUT2D eigenvalue weighted by Crippen LogP contribution is 2.30. The Morgan fingerprint density at radius 1 is 1.14 bits per heavy atom. The number of ether oxygens (including phenoxy) is 3. The van der Waals surface area contributed by atoms with E-state index in [-0.39, 0.29) is 0 Å². The van der Waals surface area contributed by atoms with Crippen molar-refractivity contribution < 1.29 is 14.2 Å². The quantitative estimate of drug-likeness (QED) is 0.838. The summed E-state index contributed by atoms with van der Waals surface area (Å²) in [6.45, 7) is 3.37. The summed E-state index contributed by atoms with van der Waals surface area (Å²) >= 11 is 0. The van der Waals surface area contributed by atoms with E-state index in [1.165, 1.54) is 18.4 Å². The third-order valence-corrected chi connectivity index (χ3v) is 4.22. The second-order valence-corrected chi connectivity index (χ2v) is 6.01. The standard InChI is InChI=1S/C17H25NO3/c1-19-16-5-2-14(11-18-15-3-4-15)10-17(16)21-12-13-6-8-20-9-7-13/h2,5,10,13,15,18H,3-4,6-9,11-12H2,1H3. The Labute approximate surface area is 126 Å². The number of rotatable bonds is 7. The first-order valence-corrected chi connectivity index (χ1v) is 7.96. The van der Waals surface area contributed by atoms with Gasteiger partial charge in [-0.15, -0.1) is 0 Å². The summed E-state index contributed by atoms with van der Waals surface area (Å²) in [7, 11) is 1.69. The molecule has 4 nitrogen and oxygen atoms in total. The van der Waals surface area contributed by atoms with Gasteiger partial charge < -0.3 is 19.5 Å². The molecule has 0 unspecified atom stereocenters. The normalized spacial score (nSPS) is 19.5. The summed E-state index contributed by atoms with van der Waals surface area (Å²) in [5.74, 6) is 2.27. The van der Waals surface area contributed by atoms with E-state index in [9.17, 15) is 0 Å². The zero-order valence-electron chi connectivity index (χ0n) is 12.8. The molecule has 2 aliphatic rings. The zero-order valence-corrected chi connectivity index (χ0v) is 12.8. The maximum Gasteiger partial charge on any atom is 0.161 e. The van der Waals surface area contributed by atoms with Crippen molar-refractivity contribution in [3.05, 3.63) is 23.8 Å². The van der Waals surface area contributed by atoms with Crippen molar-refractivity contribution in [2.24, 2.45) is 5.92 Å². The van der Waals surface area contributed by atoms with Gasteiger partial charge in [0.05, 0.1) is 13.7 Å². The Balaban J connectivity index is 1.58. The van der Waals surface area contributed by atoms with Crippen LogP contribution in [0.25, 0.3) is 0 Å². The lowest BCUT2D eigenvalue weighted by Gasteiger charge is -2.22. The van der Waals surface area contributed by atoms with E-state index in [4.69, 9.17) is 14.2 Å². The molecule has 1 aromatic rings. The maximum atomic E-state index is 6.02. The third kappa shape index (κ3) is 4.35. The fourth-order valence-corrected chi connectivity index (χ4v) is 2.61. The summed E-state index contributed by atoms with van der Waals surface area (Å²) in [5.41, 5.74) is 1.25. The van der Waals surface area contributed by atoms with Crippen LogP contribution in [0, 0.1) is 5.92 Å². The van der Waals surface area contributed by atoms with Gasteiger partial charge in [0.15, 0.2) is 11.5 Å². The van der Waals surface area contributed by atoms with E-state index in [2.05, 4.69) is 17.4 Å². The van der Waals surface area contributed by atoms with Gasteiger partial charge in [-0.05, 0) is 49.3 Å². The Kier molecular flexibility index (Phi) is 4.99. The summed E-state index contributed by atoms with van der Waals surface area (Å²) in [4.78, 5) is 0. The molecular formula is C17H25NO3. The molecule has 1 saturated heterocycles. The summed E-state index contributed by atoms with van der Waals surface area (Å²) in [5, 5.41) is 3.53. The van der Waals surface area contributed by atoms with Gasteiger partial charge >= 0.3 is 0 Å². The average molecular weight is 291 g/mol. The van der Waals surface area contributed by atoms with Crippen molar-refractivity contribution >= 4 is 0 Å². The molecule has 0 bridgehead atoms. The monoisotopic (exact) mass is 291 g/mol. The van der Waals surface area contributed by atoms with Crippen molar-refractivity contribution in [3.63, 3.8) is 0 Å². The molecule has 1 N–H and O–H groups in total. The van der Waals surface area contributed by atoms with E-state index in [1.807, 2.05) is 6.07 Å². The molecule has 1 saturated carbocycles. The molecule has 1 aromatic carbocycles. The van der Waals surface area contributed by atoms with Crippen molar-refractivity contribution in [1.29, 1.82) is 0 Å². The first-order chi connectivity index (χ1) is 10.3. The van der Waals surface area contributed by atoms with E-state index < -0.39 is 0 Å². The minimum absolute atomic E-state index is 0.594. The van der Waals surface area contributed by atoms with E-state index in [0.29, 0.717) is 5.92 Å². The molecule has 0 atom stereocenters. The van der Waals surface area contributed by atoms with E-state index in [1.54, 1.807) is 7.11 Å². The van der Waals surface area contributed by atoms with E-state index in [0.717, 1.165) is 56.7 Å². The maximum absolute atomic E-state index is 6.02. The van der Waals surface area contributed by atoms with Crippen LogP contribution in [-0.4, -0.2) is 33.0 Å². The number of benzene rings is 1. The lowest BCUT2D eigenvalue weighted by Crippen LogP contribution is -2.21. The average Bonchev–Trinajstić information content (AvgIpc) is 3.36. The molecule has 1 heterocycles. The second kappa shape index (κ2) is 7.14. The van der Waals surface area contributed by atoms with Gasteiger partial charge in [0.25, 0.3) is 0 Å². The van der Waals surface area contributed by atoms with Gasteiger partial charge in [0, 0.05) is 25.8 Å². The van der Waals surface area contributed by atoms with Crippen LogP contribution in [0.1, 0.15) is 31.2 Å². The molecule has 21 heavy (non-hydrogen) atoms. The Morgan fingerprint density at radius 2 is 1.95 bits per heavy atom. The third-order valence-electron chi connectivity index (χ3n) is 4.22. The fourth-order valence-electron chi connectivity index (χ4n) is 2.61. The Bertz CT molecular complexity index is 453. The number of hydrogen-bond acceptors (Lipinski definition) is 4. The highest BCUT2D eigenvalue weighted by molar-refractivity contribution is 5.43. The molecule has 4 heteroatoms. The van der Waals surface area contributed by atoms with Crippen molar-refractivity contribution in [2.75, 3.05) is 26.9 Å². The predicted molar refractivity (Wildman–Crippen MR) is 81.9 cm³/mol. The molecule has 116 valence electrons. The van der Waals surface area contributed by atoms with Crippen LogP contribution in [0.15, 0.2) is 18.2 Å². The van der Waals surface area contributed by atoms with Crippen LogP contribution >= 0.6 is 0 Å². The van der Waals surface area contributed by atoms with Crippen LogP contribution in [0.5, 0.6) is 11.5 Å². The summed E-state index contributed by atoms with van der Waals surface area (Å²) < 4.78 is 16.8. The topological polar surface area (TPSA) is 39.7 Å². The first-order valence-electron chi connectivity index (χ1n) is 7.96. The minimum Gasteiger partial charge on any atom is -0.493 e. The van der Waals surface area contributed by atoms with Gasteiger partial charge in [0.2, 0.25) is 0 Å². The smallest absolute Gasteiger partial charge is 0.161 e. The minimum atomic E-state index is 0.594. The van der Waals surface area contributed by atoms with Gasteiger partial charge in [-0.2, -0.15) is 0 Å². The number of nitrogens with one attached hydrogen (secondary N) is 1. The van der Waals surface area contributed by atoms with Gasteiger partial charge in [-0.25, -0.2) is 0 Å². The molecule has 1 aliphatic carbocycles. The molecule has 1 aliphatic heterocycles. The van der Waals surface area contributed by atoms with Gasteiger partial charge in [-0.1, -0.05) is 6.07 Å². The van der Waals surface area contributed by atoms with Crippen LogP contribution in [0.3, 0.4) is 0 Å². The van der Waals surface area contributed by atoms with Crippen LogP contribution < -0.4 is 14.8 Å². The summed E-state index contributed by atoms with van der Waals surface area (Å²) in [6, 6.07) is 6.94. The van der Waals surface area contributed by atoms with Crippen LogP contribution in [0.4, 0.5) is 0 Å². The molecule has 0 aromatic heterocycles. The van der Waals surface area contributed by atoms with Gasteiger partial charge in [-0.3, -0.25) is 0 Å². The molecule has 0 amide bonds. The molecule has 2 fully saturated rings. The van der Waals surface area contributed by atoms with Crippen LogP contribution in [-0.2, 0) is 11.3 Å². The lowest BCUT2D eigenvalue weighted by atomic mass is 10.0. The molecule has 3 rings (SSSR count). The SMILES string of the molecule is COc1ccc(CNC2CC2)cc1OCC1CCOCC1.